The fraction of sp³-hybridized carbons (Fsp3) is 0.400. The zero-order valence-electron chi connectivity index (χ0n) is 11.6. The van der Waals surface area contributed by atoms with Crippen molar-refractivity contribution in [3.05, 3.63) is 36.2 Å². The number of aromatic nitrogens is 3. The molecule has 0 aliphatic carbocycles. The van der Waals surface area contributed by atoms with Crippen LogP contribution in [-0.4, -0.2) is 25.7 Å². The molecule has 0 fully saturated rings. The monoisotopic (exact) mass is 257 g/mol. The molecule has 1 aromatic carbocycles. The van der Waals surface area contributed by atoms with Crippen LogP contribution in [0, 0.1) is 0 Å². The van der Waals surface area contributed by atoms with Crippen molar-refractivity contribution in [3.8, 4) is 0 Å². The van der Waals surface area contributed by atoms with E-state index in [1.807, 2.05) is 18.2 Å². The molecule has 2 aromatic heterocycles. The summed E-state index contributed by atoms with van der Waals surface area (Å²) < 4.78 is 4.23. The highest BCUT2D eigenvalue weighted by Crippen LogP contribution is 2.27. The third-order valence-electron chi connectivity index (χ3n) is 3.45. The van der Waals surface area contributed by atoms with Crippen LogP contribution in [0.5, 0.6) is 0 Å². The van der Waals surface area contributed by atoms with Crippen molar-refractivity contribution in [2.45, 2.75) is 32.7 Å². The van der Waals surface area contributed by atoms with Crippen LogP contribution in [0.1, 0.15) is 26.5 Å². The zero-order chi connectivity index (χ0) is 13.6. The minimum Gasteiger partial charge on any atom is -0.395 e. The van der Waals surface area contributed by atoms with E-state index in [0.29, 0.717) is 6.54 Å². The van der Waals surface area contributed by atoms with Gasteiger partial charge in [-0.3, -0.25) is 4.40 Å². The van der Waals surface area contributed by atoms with Gasteiger partial charge < -0.3 is 9.67 Å². The lowest BCUT2D eigenvalue weighted by molar-refractivity contribution is 0.273. The van der Waals surface area contributed by atoms with Gasteiger partial charge in [-0.25, -0.2) is 4.98 Å². The van der Waals surface area contributed by atoms with Gasteiger partial charge in [-0.1, -0.05) is 32.9 Å². The predicted octanol–water partition coefficient (Wildman–Crippen LogP) is 2.58. The van der Waals surface area contributed by atoms with E-state index < -0.39 is 0 Å². The first-order valence-electron chi connectivity index (χ1n) is 6.60. The normalized spacial score (nSPS) is 12.6. The summed E-state index contributed by atoms with van der Waals surface area (Å²) in [6, 6.07) is 8.11. The third-order valence-corrected chi connectivity index (χ3v) is 3.45. The molecule has 0 amide bonds. The molecule has 4 heteroatoms. The molecule has 0 atom stereocenters. The Kier molecular flexibility index (Phi) is 2.64. The van der Waals surface area contributed by atoms with E-state index in [1.54, 1.807) is 0 Å². The average Bonchev–Trinajstić information content (AvgIpc) is 2.86. The van der Waals surface area contributed by atoms with Gasteiger partial charge >= 0.3 is 0 Å². The number of hydrogen-bond donors (Lipinski definition) is 1. The van der Waals surface area contributed by atoms with Crippen LogP contribution in [0.3, 0.4) is 0 Å². The van der Waals surface area contributed by atoms with Crippen LogP contribution >= 0.6 is 0 Å². The molecular formula is C15H19N3O. The van der Waals surface area contributed by atoms with E-state index in [0.717, 1.165) is 16.8 Å². The molecule has 2 heterocycles. The molecule has 0 aliphatic rings. The van der Waals surface area contributed by atoms with Crippen molar-refractivity contribution < 1.29 is 5.11 Å². The lowest BCUT2D eigenvalue weighted by Gasteiger charge is -2.20. The maximum absolute atomic E-state index is 9.30. The highest BCUT2D eigenvalue weighted by Gasteiger charge is 2.22. The Labute approximate surface area is 112 Å². The smallest absolute Gasteiger partial charge is 0.215 e. The minimum absolute atomic E-state index is 0.0248. The highest BCUT2D eigenvalue weighted by atomic mass is 16.3. The van der Waals surface area contributed by atoms with Gasteiger partial charge in [0.25, 0.3) is 0 Å². The van der Waals surface area contributed by atoms with Crippen LogP contribution in [0.2, 0.25) is 0 Å². The fourth-order valence-electron chi connectivity index (χ4n) is 2.57. The maximum atomic E-state index is 9.30. The summed E-state index contributed by atoms with van der Waals surface area (Å²) in [7, 11) is 0. The predicted molar refractivity (Wildman–Crippen MR) is 76.5 cm³/mol. The topological polar surface area (TPSA) is 42.5 Å². The van der Waals surface area contributed by atoms with E-state index in [9.17, 15) is 5.11 Å². The lowest BCUT2D eigenvalue weighted by atomic mass is 9.92. The molecule has 100 valence electrons. The number of fused-ring (bicyclic) bond motifs is 3. The number of aliphatic hydroxyl groups is 1. The Morgan fingerprint density at radius 2 is 1.95 bits per heavy atom. The number of imidazole rings is 2. The van der Waals surface area contributed by atoms with Gasteiger partial charge in [0.1, 0.15) is 0 Å². The summed E-state index contributed by atoms with van der Waals surface area (Å²) in [4.78, 5) is 4.68. The number of nitrogens with zero attached hydrogens (tertiary/aromatic N) is 3. The van der Waals surface area contributed by atoms with E-state index in [-0.39, 0.29) is 12.0 Å². The summed E-state index contributed by atoms with van der Waals surface area (Å²) in [5, 5.41) is 9.30. The molecule has 0 spiro atoms. The largest absolute Gasteiger partial charge is 0.395 e. The van der Waals surface area contributed by atoms with Gasteiger partial charge in [0, 0.05) is 23.9 Å². The van der Waals surface area contributed by atoms with E-state index in [4.69, 9.17) is 0 Å². The second-order valence-corrected chi connectivity index (χ2v) is 5.91. The maximum Gasteiger partial charge on any atom is 0.215 e. The summed E-state index contributed by atoms with van der Waals surface area (Å²) in [6.07, 6.45) is 2.14. The Bertz CT molecular complexity index is 731. The van der Waals surface area contributed by atoms with Crippen LogP contribution in [0.4, 0.5) is 0 Å². The van der Waals surface area contributed by atoms with Crippen molar-refractivity contribution in [1.29, 1.82) is 0 Å². The molecule has 0 aliphatic heterocycles. The second kappa shape index (κ2) is 4.10. The van der Waals surface area contributed by atoms with Gasteiger partial charge in [0.15, 0.2) is 0 Å². The molecule has 0 bridgehead atoms. The van der Waals surface area contributed by atoms with E-state index in [2.05, 4.69) is 47.0 Å². The average molecular weight is 257 g/mol. The summed E-state index contributed by atoms with van der Waals surface area (Å²) in [5.41, 5.74) is 3.32. The standard InChI is InChI=1S/C15H19N3O/c1-15(2,3)13-10-18-12-7-5-4-6-11(12)16-14(18)17(13)8-9-19/h4-7,10,19H,8-9H2,1-3H3. The van der Waals surface area contributed by atoms with Gasteiger partial charge in [0.2, 0.25) is 5.78 Å². The molecule has 0 saturated heterocycles. The Balaban J connectivity index is 2.36. The van der Waals surface area contributed by atoms with Crippen LogP contribution in [0.25, 0.3) is 16.8 Å². The summed E-state index contributed by atoms with van der Waals surface area (Å²) in [6.45, 7) is 7.23. The second-order valence-electron chi connectivity index (χ2n) is 5.91. The van der Waals surface area contributed by atoms with Crippen LogP contribution < -0.4 is 0 Å². The van der Waals surface area contributed by atoms with E-state index >= 15 is 0 Å². The van der Waals surface area contributed by atoms with Crippen molar-refractivity contribution in [2.24, 2.45) is 0 Å². The van der Waals surface area contributed by atoms with Crippen molar-refractivity contribution in [2.75, 3.05) is 6.61 Å². The Hall–Kier alpha value is -1.81. The number of hydrogen-bond acceptors (Lipinski definition) is 2. The summed E-state index contributed by atoms with van der Waals surface area (Å²) in [5.74, 6) is 0.903. The number of aliphatic hydroxyl groups excluding tert-OH is 1. The van der Waals surface area contributed by atoms with Gasteiger partial charge in [0.05, 0.1) is 17.6 Å². The molecule has 19 heavy (non-hydrogen) atoms. The van der Waals surface area contributed by atoms with Crippen molar-refractivity contribution in [1.82, 2.24) is 14.0 Å². The van der Waals surface area contributed by atoms with Gasteiger partial charge in [-0.05, 0) is 12.1 Å². The van der Waals surface area contributed by atoms with Gasteiger partial charge in [-0.2, -0.15) is 0 Å². The minimum atomic E-state index is 0.0248. The number of benzene rings is 1. The van der Waals surface area contributed by atoms with Crippen LogP contribution in [-0.2, 0) is 12.0 Å². The fourth-order valence-corrected chi connectivity index (χ4v) is 2.57. The zero-order valence-corrected chi connectivity index (χ0v) is 11.6. The lowest BCUT2D eigenvalue weighted by Crippen LogP contribution is -2.18. The number of para-hydroxylation sites is 2. The summed E-state index contributed by atoms with van der Waals surface area (Å²) >= 11 is 0. The molecule has 1 N–H and O–H groups in total. The quantitative estimate of drug-likeness (QED) is 0.766. The molecule has 0 unspecified atom stereocenters. The highest BCUT2D eigenvalue weighted by molar-refractivity contribution is 5.79. The molecule has 0 radical (unpaired) electrons. The molecule has 0 saturated carbocycles. The third kappa shape index (κ3) is 1.83. The van der Waals surface area contributed by atoms with Crippen LogP contribution in [0.15, 0.2) is 30.5 Å². The van der Waals surface area contributed by atoms with Crippen molar-refractivity contribution >= 4 is 16.8 Å². The van der Waals surface area contributed by atoms with Crippen molar-refractivity contribution in [3.63, 3.8) is 0 Å². The molecule has 4 nitrogen and oxygen atoms in total. The first-order valence-corrected chi connectivity index (χ1v) is 6.60. The first-order chi connectivity index (χ1) is 9.02. The van der Waals surface area contributed by atoms with Gasteiger partial charge in [-0.15, -0.1) is 0 Å². The molecule has 3 aromatic rings. The Morgan fingerprint density at radius 1 is 1.21 bits per heavy atom. The Morgan fingerprint density at radius 3 is 2.63 bits per heavy atom. The number of rotatable bonds is 2. The SMILES string of the molecule is CC(C)(C)c1cn2c3ccccc3nc2n1CCO. The first kappa shape index (κ1) is 12.2. The van der Waals surface area contributed by atoms with E-state index in [1.165, 1.54) is 5.69 Å². The molecule has 3 rings (SSSR count). The molecular weight excluding hydrogens is 238 g/mol.